The quantitative estimate of drug-likeness (QED) is 0.640. The molecule has 1 aromatic rings. The van der Waals surface area contributed by atoms with Crippen LogP contribution in [0.2, 0.25) is 10.0 Å². The van der Waals surface area contributed by atoms with Crippen LogP contribution in [0.3, 0.4) is 0 Å². The van der Waals surface area contributed by atoms with Gasteiger partial charge in [-0.3, -0.25) is 11.3 Å². The molecule has 1 saturated heterocycles. The molecule has 2 rings (SSSR count). The fraction of sp³-hybridized carbons (Fsp3) is 0.600. The minimum Gasteiger partial charge on any atom is -0.304 e. The van der Waals surface area contributed by atoms with Crippen LogP contribution < -0.4 is 11.3 Å². The molecule has 0 bridgehead atoms. The molecule has 2 atom stereocenters. The summed E-state index contributed by atoms with van der Waals surface area (Å²) in [4.78, 5) is 4.77. The van der Waals surface area contributed by atoms with Crippen LogP contribution in [0.5, 0.6) is 0 Å². The van der Waals surface area contributed by atoms with Crippen molar-refractivity contribution in [3.05, 3.63) is 33.8 Å². The van der Waals surface area contributed by atoms with Gasteiger partial charge in [-0.1, -0.05) is 23.2 Å². The number of likely N-dealkylation sites (N-methyl/N-ethyl adjacent to an activating group) is 2. The van der Waals surface area contributed by atoms with E-state index in [1.807, 2.05) is 18.2 Å². The minimum absolute atomic E-state index is 0.180. The molecule has 1 fully saturated rings. The lowest BCUT2D eigenvalue weighted by Crippen LogP contribution is -2.53. The first-order chi connectivity index (χ1) is 9.99. The number of piperazine rings is 1. The Morgan fingerprint density at radius 1 is 1.33 bits per heavy atom. The molecule has 3 N–H and O–H groups in total. The Kier molecular flexibility index (Phi) is 6.29. The fourth-order valence-electron chi connectivity index (χ4n) is 2.86. The topological polar surface area (TPSA) is 44.5 Å². The van der Waals surface area contributed by atoms with Gasteiger partial charge in [0.05, 0.1) is 0 Å². The Bertz CT molecular complexity index is 469. The lowest BCUT2D eigenvalue weighted by Gasteiger charge is -2.39. The van der Waals surface area contributed by atoms with E-state index >= 15 is 0 Å². The van der Waals surface area contributed by atoms with Crippen LogP contribution in [0.15, 0.2) is 18.2 Å². The van der Waals surface area contributed by atoms with Gasteiger partial charge in [-0.25, -0.2) is 0 Å². The van der Waals surface area contributed by atoms with Crippen LogP contribution in [0, 0.1) is 0 Å². The maximum atomic E-state index is 6.25. The Hall–Kier alpha value is -0.360. The minimum atomic E-state index is 0.180. The van der Waals surface area contributed by atoms with Crippen LogP contribution in [-0.2, 0) is 6.42 Å². The van der Waals surface area contributed by atoms with Gasteiger partial charge in [-0.2, -0.15) is 0 Å². The lowest BCUT2D eigenvalue weighted by molar-refractivity contribution is 0.101. The standard InChI is InChI=1S/C15H24Cl2N4/c1-20-5-6-21(2)14(10-20)9-13(19-18)8-11-7-12(16)3-4-15(11)17/h3-4,7,13-14,19H,5-6,8-10,18H2,1-2H3. The number of benzene rings is 1. The second-order valence-corrected chi connectivity index (χ2v) is 6.78. The Balaban J connectivity index is 2.01. The lowest BCUT2D eigenvalue weighted by atomic mass is 9.98. The zero-order chi connectivity index (χ0) is 15.4. The molecule has 0 saturated carbocycles. The van der Waals surface area contributed by atoms with Gasteiger partial charge < -0.3 is 9.80 Å². The predicted molar refractivity (Wildman–Crippen MR) is 89.8 cm³/mol. The summed E-state index contributed by atoms with van der Waals surface area (Å²) in [5.74, 6) is 5.75. The fourth-order valence-corrected chi connectivity index (χ4v) is 3.25. The summed E-state index contributed by atoms with van der Waals surface area (Å²) < 4.78 is 0. The number of nitrogens with two attached hydrogens (primary N) is 1. The molecule has 0 aliphatic carbocycles. The van der Waals surface area contributed by atoms with Crippen molar-refractivity contribution in [3.63, 3.8) is 0 Å². The van der Waals surface area contributed by atoms with E-state index in [0.29, 0.717) is 11.1 Å². The van der Waals surface area contributed by atoms with E-state index in [0.717, 1.165) is 43.1 Å². The molecular formula is C15H24Cl2N4. The van der Waals surface area contributed by atoms with Gasteiger partial charge in [-0.15, -0.1) is 0 Å². The number of hydrazine groups is 1. The van der Waals surface area contributed by atoms with Crippen molar-refractivity contribution in [2.24, 2.45) is 5.84 Å². The largest absolute Gasteiger partial charge is 0.304 e. The number of halogens is 2. The van der Waals surface area contributed by atoms with Crippen molar-refractivity contribution in [3.8, 4) is 0 Å². The normalized spacial score (nSPS) is 22.4. The van der Waals surface area contributed by atoms with E-state index in [-0.39, 0.29) is 6.04 Å². The van der Waals surface area contributed by atoms with Crippen molar-refractivity contribution in [2.45, 2.75) is 24.9 Å². The summed E-state index contributed by atoms with van der Waals surface area (Å²) in [5, 5.41) is 1.45. The van der Waals surface area contributed by atoms with E-state index in [1.165, 1.54) is 0 Å². The Labute approximate surface area is 137 Å². The monoisotopic (exact) mass is 330 g/mol. The van der Waals surface area contributed by atoms with Crippen molar-refractivity contribution in [1.29, 1.82) is 0 Å². The molecule has 118 valence electrons. The van der Waals surface area contributed by atoms with E-state index in [2.05, 4.69) is 29.3 Å². The van der Waals surface area contributed by atoms with Crippen molar-refractivity contribution in [1.82, 2.24) is 15.2 Å². The maximum Gasteiger partial charge on any atom is 0.0439 e. The van der Waals surface area contributed by atoms with Gasteiger partial charge in [-0.05, 0) is 50.7 Å². The molecule has 4 nitrogen and oxygen atoms in total. The van der Waals surface area contributed by atoms with Crippen molar-refractivity contribution < 1.29 is 0 Å². The van der Waals surface area contributed by atoms with Gasteiger partial charge in [0.1, 0.15) is 0 Å². The van der Waals surface area contributed by atoms with E-state index in [1.54, 1.807) is 0 Å². The number of nitrogens with one attached hydrogen (secondary N) is 1. The third-order valence-corrected chi connectivity index (χ3v) is 4.85. The van der Waals surface area contributed by atoms with Crippen LogP contribution in [-0.4, -0.2) is 55.6 Å². The van der Waals surface area contributed by atoms with Crippen LogP contribution >= 0.6 is 23.2 Å². The summed E-state index contributed by atoms with van der Waals surface area (Å²) in [6.45, 7) is 3.28. The highest BCUT2D eigenvalue weighted by atomic mass is 35.5. The van der Waals surface area contributed by atoms with Gasteiger partial charge >= 0.3 is 0 Å². The molecule has 2 unspecified atom stereocenters. The molecule has 1 aliphatic heterocycles. The highest BCUT2D eigenvalue weighted by molar-refractivity contribution is 6.33. The van der Waals surface area contributed by atoms with Crippen LogP contribution in [0.1, 0.15) is 12.0 Å². The third-order valence-electron chi connectivity index (χ3n) is 4.25. The first kappa shape index (κ1) is 17.0. The Morgan fingerprint density at radius 3 is 2.81 bits per heavy atom. The molecule has 1 aromatic carbocycles. The average Bonchev–Trinajstić information content (AvgIpc) is 2.45. The zero-order valence-electron chi connectivity index (χ0n) is 12.6. The highest BCUT2D eigenvalue weighted by Gasteiger charge is 2.25. The van der Waals surface area contributed by atoms with Gasteiger partial charge in [0.15, 0.2) is 0 Å². The second-order valence-electron chi connectivity index (χ2n) is 5.94. The number of nitrogens with zero attached hydrogens (tertiary/aromatic N) is 2. The number of hydrogen-bond acceptors (Lipinski definition) is 4. The van der Waals surface area contributed by atoms with Crippen molar-refractivity contribution >= 4 is 23.2 Å². The smallest absolute Gasteiger partial charge is 0.0439 e. The van der Waals surface area contributed by atoms with Gasteiger partial charge in [0.25, 0.3) is 0 Å². The van der Waals surface area contributed by atoms with Crippen LogP contribution in [0.4, 0.5) is 0 Å². The van der Waals surface area contributed by atoms with Crippen molar-refractivity contribution in [2.75, 3.05) is 33.7 Å². The summed E-state index contributed by atoms with van der Waals surface area (Å²) >= 11 is 12.3. The van der Waals surface area contributed by atoms with E-state index in [9.17, 15) is 0 Å². The molecule has 1 aliphatic rings. The average molecular weight is 331 g/mol. The summed E-state index contributed by atoms with van der Waals surface area (Å²) in [5.41, 5.74) is 3.97. The van der Waals surface area contributed by atoms with E-state index < -0.39 is 0 Å². The molecule has 1 heterocycles. The molecular weight excluding hydrogens is 307 g/mol. The van der Waals surface area contributed by atoms with Gasteiger partial charge in [0, 0.05) is 41.8 Å². The molecule has 0 amide bonds. The first-order valence-corrected chi connectivity index (χ1v) is 8.04. The summed E-state index contributed by atoms with van der Waals surface area (Å²) in [6.07, 6.45) is 1.77. The van der Waals surface area contributed by atoms with Gasteiger partial charge in [0.2, 0.25) is 0 Å². The maximum absolute atomic E-state index is 6.25. The highest BCUT2D eigenvalue weighted by Crippen LogP contribution is 2.23. The SMILES string of the molecule is CN1CCN(C)C(CC(Cc2cc(Cl)ccc2Cl)NN)C1. The molecule has 0 aromatic heterocycles. The third kappa shape index (κ3) is 4.81. The Morgan fingerprint density at radius 2 is 2.10 bits per heavy atom. The number of rotatable bonds is 5. The molecule has 6 heteroatoms. The molecule has 0 spiro atoms. The zero-order valence-corrected chi connectivity index (χ0v) is 14.2. The second kappa shape index (κ2) is 7.77. The molecule has 21 heavy (non-hydrogen) atoms. The first-order valence-electron chi connectivity index (χ1n) is 7.28. The molecule has 0 radical (unpaired) electrons. The predicted octanol–water partition coefficient (Wildman–Crippen LogP) is 2.00. The summed E-state index contributed by atoms with van der Waals surface area (Å²) in [7, 11) is 4.34. The summed E-state index contributed by atoms with van der Waals surface area (Å²) in [6, 6.07) is 6.25. The number of hydrogen-bond donors (Lipinski definition) is 2. The van der Waals surface area contributed by atoms with E-state index in [4.69, 9.17) is 29.0 Å². The van der Waals surface area contributed by atoms with Crippen LogP contribution in [0.25, 0.3) is 0 Å².